The zero-order valence-electron chi connectivity index (χ0n) is 74.2. The van der Waals surface area contributed by atoms with Crippen molar-refractivity contribution in [2.45, 2.75) is 200 Å². The van der Waals surface area contributed by atoms with Gasteiger partial charge in [-0.2, -0.15) is 0 Å². The van der Waals surface area contributed by atoms with Gasteiger partial charge in [0.05, 0.1) is 20.6 Å². The van der Waals surface area contributed by atoms with Crippen LogP contribution in [0.25, 0.3) is 50.1 Å². The van der Waals surface area contributed by atoms with Gasteiger partial charge < -0.3 is 42.6 Å². The van der Waals surface area contributed by atoms with Crippen molar-refractivity contribution >= 4 is 119 Å². The highest BCUT2D eigenvalue weighted by molar-refractivity contribution is 8.04. The normalized spacial score (nSPS) is 12.5. The molecule has 16 rings (SSSR count). The molecule has 0 aliphatic carbocycles. The van der Waals surface area contributed by atoms with E-state index < -0.39 is 38.8 Å². The van der Waals surface area contributed by atoms with Gasteiger partial charge in [-0.3, -0.25) is 4.79 Å². The molecule has 2 aliphatic heterocycles. The van der Waals surface area contributed by atoms with Crippen molar-refractivity contribution in [3.8, 4) is 44.3 Å². The molecule has 2 aliphatic rings. The highest BCUT2D eigenvalue weighted by Crippen LogP contribution is 2.53. The number of benzene rings is 12. The van der Waals surface area contributed by atoms with Crippen LogP contribution in [0.15, 0.2) is 287 Å². The molecule has 14 nitrogen and oxygen atoms in total. The second kappa shape index (κ2) is 38.0. The molecule has 2 aromatic heterocycles. The zero-order chi connectivity index (χ0) is 88.9. The Bertz CT molecular complexity index is 5970. The van der Waals surface area contributed by atoms with Gasteiger partial charge in [-0.05, 0) is 280 Å². The van der Waals surface area contributed by atoms with E-state index in [1.807, 2.05) is 235 Å². The molecule has 124 heavy (non-hydrogen) atoms. The van der Waals surface area contributed by atoms with Gasteiger partial charge in [-0.1, -0.05) is 109 Å². The molecule has 12 aromatic carbocycles. The number of carbonyl (C=O) groups excluding carboxylic acids is 4. The summed E-state index contributed by atoms with van der Waals surface area (Å²) in [5, 5.41) is 4.15. The van der Waals surface area contributed by atoms with Gasteiger partial charge in [0.25, 0.3) is 0 Å². The minimum Gasteiger partial charge on any atom is -0.481 e. The molecular formula is C105H108O14S5+4. The minimum atomic E-state index is -0.547. The molecule has 19 heteroatoms. The van der Waals surface area contributed by atoms with Crippen LogP contribution in [0, 0.1) is 55.4 Å². The molecule has 0 radical (unpaired) electrons. The fourth-order valence-corrected chi connectivity index (χ4v) is 26.5. The molecule has 0 saturated carbocycles. The fraction of sp³-hybridized carbons (Fsp3) is 0.267. The SMILES string of the molecule is Cc1cc(-[s+]2c3ccccc3c(=O)c3ccccc32)cc(C)c1OCC(=O)OC(C)(C)C.Cc1cc(-[s+]2c3ccccc3c3ccccc32)cc(C)c1OCC(=O)OC(C)(C)C.Cc1cc([S+]2c3ccccc3Oc3ccccc32)cc(C)c1OCC(=O)OC(C)(C)C.Cc1cc([S+]2c3ccccc3Sc3ccccc32)cc(C)c1OCC(=O)OC(C)(C)C. The molecule has 0 unspecified atom stereocenters. The second-order valence-corrected chi connectivity index (χ2v) is 43.5. The summed E-state index contributed by atoms with van der Waals surface area (Å²) < 4.78 is 55.8. The maximum Gasteiger partial charge on any atom is 0.344 e. The summed E-state index contributed by atoms with van der Waals surface area (Å²) in [6.45, 7) is 37.9. The van der Waals surface area contributed by atoms with E-state index in [1.165, 1.54) is 64.2 Å². The third-order valence-corrected chi connectivity index (χ3v) is 30.2. The predicted molar refractivity (Wildman–Crippen MR) is 507 cm³/mol. The maximum atomic E-state index is 13.1. The third kappa shape index (κ3) is 21.5. The molecule has 0 fully saturated rings. The Hall–Kier alpha value is -11.3. The molecule has 638 valence electrons. The number of esters is 4. The Balaban J connectivity index is 0.000000142. The standard InChI is InChI=1S/C27H27O4S.C26H27O4S.C26H27O3S2.C26H27O3S/c1-17-14-19(15-18(2)26(17)30-16-24(28)31-27(3,4)5)32-22-12-8-6-10-20(22)25(29)21-11-7-9-13-23(21)32;1-17-14-19(15-18(2)25(17)28-16-24(27)30-26(3,4)5)31-22-12-8-6-10-20(22)29-21-11-7-9-13-23(21)31;1-17-14-19(15-18(2)25(17)28-16-24(27)29-26(3,4)5)31-22-12-8-6-10-20(22)30-21-11-7-9-13-23(21)31;1-17-14-19(15-18(2)25(17)28-16-24(27)29-26(3,4)5)30-22-12-8-6-10-20(22)21-11-7-9-13-23(21)30/h6-15H,16H2,1-5H3;2*6-15H,16H2,1-5H3;6-15H,16H2,1-5H3/q4*+1. The van der Waals surface area contributed by atoms with Crippen LogP contribution >= 0.6 is 32.7 Å². The largest absolute Gasteiger partial charge is 0.481 e. The molecule has 0 saturated heterocycles. The first kappa shape index (κ1) is 90.4. The summed E-state index contributed by atoms with van der Waals surface area (Å²) in [6.07, 6.45) is 0. The Kier molecular flexibility index (Phi) is 27.7. The summed E-state index contributed by atoms with van der Waals surface area (Å²) in [5.41, 5.74) is 5.96. The summed E-state index contributed by atoms with van der Waals surface area (Å²) in [4.78, 5) is 73.9. The van der Waals surface area contributed by atoms with Crippen molar-refractivity contribution in [1.29, 1.82) is 0 Å². The average molecular weight is 1750 g/mol. The van der Waals surface area contributed by atoms with Crippen LogP contribution in [0.4, 0.5) is 0 Å². The lowest BCUT2D eigenvalue weighted by molar-refractivity contribution is -0.158. The van der Waals surface area contributed by atoms with Crippen molar-refractivity contribution in [2.75, 3.05) is 26.4 Å². The van der Waals surface area contributed by atoms with E-state index in [2.05, 4.69) is 158 Å². The Morgan fingerprint density at radius 1 is 0.290 bits per heavy atom. The van der Waals surface area contributed by atoms with Gasteiger partial charge in [0, 0.05) is 80.2 Å². The average Bonchev–Trinajstić information content (AvgIpc) is 1.38. The van der Waals surface area contributed by atoms with E-state index >= 15 is 0 Å². The number of hydrogen-bond donors (Lipinski definition) is 0. The smallest absolute Gasteiger partial charge is 0.344 e. The van der Waals surface area contributed by atoms with Crippen LogP contribution in [0.5, 0.6) is 34.5 Å². The van der Waals surface area contributed by atoms with Crippen molar-refractivity contribution in [1.82, 2.24) is 0 Å². The first-order valence-corrected chi connectivity index (χ1v) is 47.0. The molecule has 0 atom stereocenters. The summed E-state index contributed by atoms with van der Waals surface area (Å²) in [5.74, 6) is 3.25. The number of aryl methyl sites for hydroxylation is 8. The summed E-state index contributed by atoms with van der Waals surface area (Å²) in [6, 6.07) is 84.0. The molecule has 0 amide bonds. The third-order valence-electron chi connectivity index (χ3n) is 19.6. The Labute approximate surface area is 743 Å². The van der Waals surface area contributed by atoms with Crippen LogP contribution in [0.1, 0.15) is 128 Å². The maximum absolute atomic E-state index is 13.1. The predicted octanol–water partition coefficient (Wildman–Crippen LogP) is 26.3. The summed E-state index contributed by atoms with van der Waals surface area (Å²) in [7, 11) is -1.01. The van der Waals surface area contributed by atoms with Crippen LogP contribution in [-0.4, -0.2) is 72.7 Å². The molecule has 0 spiro atoms. The summed E-state index contributed by atoms with van der Waals surface area (Å²) >= 11 is 1.84. The Morgan fingerprint density at radius 3 is 0.806 bits per heavy atom. The van der Waals surface area contributed by atoms with Gasteiger partial charge in [0.1, 0.15) is 67.2 Å². The van der Waals surface area contributed by atoms with Crippen LogP contribution in [0.2, 0.25) is 0 Å². The van der Waals surface area contributed by atoms with Crippen molar-refractivity contribution in [3.63, 3.8) is 0 Å². The molecule has 14 aromatic rings. The van der Waals surface area contributed by atoms with E-state index in [-0.39, 0.29) is 82.0 Å². The molecule has 4 heterocycles. The van der Waals surface area contributed by atoms with Gasteiger partial charge in [-0.25, -0.2) is 19.2 Å². The Morgan fingerprint density at radius 2 is 0.516 bits per heavy atom. The van der Waals surface area contributed by atoms with Crippen LogP contribution < -0.4 is 29.1 Å². The fourth-order valence-electron chi connectivity index (χ4n) is 15.1. The number of para-hydroxylation sites is 2. The monoisotopic (exact) mass is 1750 g/mol. The highest BCUT2D eigenvalue weighted by Gasteiger charge is 2.42. The number of carbonyl (C=O) groups is 4. The van der Waals surface area contributed by atoms with E-state index in [0.717, 1.165) is 98.3 Å². The highest BCUT2D eigenvalue weighted by atomic mass is 32.2. The van der Waals surface area contributed by atoms with E-state index in [4.69, 9.17) is 42.6 Å². The molecular weight excluding hydrogens is 1650 g/mol. The first-order chi connectivity index (χ1) is 58.8. The first-order valence-electron chi connectivity index (χ1n) is 41.3. The van der Waals surface area contributed by atoms with Gasteiger partial charge >= 0.3 is 23.9 Å². The number of thiophene rings is 1. The number of ether oxygens (including phenoxy) is 9. The van der Waals surface area contributed by atoms with E-state index in [1.54, 1.807) is 0 Å². The lowest BCUT2D eigenvalue weighted by Gasteiger charge is -2.21. The van der Waals surface area contributed by atoms with Gasteiger partial charge in [0.15, 0.2) is 86.1 Å². The molecule has 0 N–H and O–H groups in total. The van der Waals surface area contributed by atoms with Gasteiger partial charge in [0.2, 0.25) is 15.2 Å². The number of rotatable bonds is 16. The topological polar surface area (TPSA) is 168 Å². The van der Waals surface area contributed by atoms with Crippen molar-refractivity contribution < 1.29 is 61.8 Å². The van der Waals surface area contributed by atoms with Gasteiger partial charge in [-0.15, -0.1) is 0 Å². The van der Waals surface area contributed by atoms with Crippen molar-refractivity contribution in [3.05, 3.63) is 297 Å². The minimum absolute atomic E-state index is 0.0747. The lowest BCUT2D eigenvalue weighted by atomic mass is 10.1. The zero-order valence-corrected chi connectivity index (χ0v) is 78.3. The van der Waals surface area contributed by atoms with Crippen LogP contribution in [0.3, 0.4) is 0 Å². The van der Waals surface area contributed by atoms with E-state index in [0.29, 0.717) is 5.75 Å². The quantitative estimate of drug-likeness (QED) is 0.0387. The van der Waals surface area contributed by atoms with Crippen molar-refractivity contribution in [2.24, 2.45) is 0 Å². The lowest BCUT2D eigenvalue weighted by Crippen LogP contribution is -2.27. The number of fused-ring (bicyclic) bond motifs is 9. The van der Waals surface area contributed by atoms with E-state index in [9.17, 15) is 24.0 Å². The number of hydrogen-bond acceptors (Lipinski definition) is 15. The second-order valence-electron chi connectivity index (χ2n) is 34.6. The molecule has 0 bridgehead atoms. The van der Waals surface area contributed by atoms with Crippen LogP contribution in [-0.2, 0) is 59.9 Å².